The molecule has 0 heterocycles. The summed E-state index contributed by atoms with van der Waals surface area (Å²) in [7, 11) is 0. The molecule has 5 heteroatoms. The molecule has 1 fully saturated rings. The van der Waals surface area contributed by atoms with Crippen molar-refractivity contribution < 1.29 is 14.7 Å². The van der Waals surface area contributed by atoms with Gasteiger partial charge in [-0.25, -0.2) is 0 Å². The predicted octanol–water partition coefficient (Wildman–Crippen LogP) is 2.15. The van der Waals surface area contributed by atoms with E-state index in [0.29, 0.717) is 11.1 Å². The molecule has 0 radical (unpaired) electrons. The molecule has 1 aliphatic carbocycles. The first-order valence-corrected chi connectivity index (χ1v) is 9.10. The summed E-state index contributed by atoms with van der Waals surface area (Å²) in [5.41, 5.74) is 11.8. The van der Waals surface area contributed by atoms with E-state index >= 15 is 0 Å². The fourth-order valence-corrected chi connectivity index (χ4v) is 4.18. The van der Waals surface area contributed by atoms with Gasteiger partial charge in [-0.15, -0.1) is 0 Å². The minimum absolute atomic E-state index is 0.263. The van der Waals surface area contributed by atoms with Gasteiger partial charge in [0.1, 0.15) is 11.0 Å². The number of hydrogen-bond donors (Lipinski definition) is 3. The van der Waals surface area contributed by atoms with Crippen LogP contribution in [0.1, 0.15) is 35.6 Å². The van der Waals surface area contributed by atoms with E-state index in [1.165, 1.54) is 0 Å². The van der Waals surface area contributed by atoms with Crippen LogP contribution in [0, 0.1) is 31.1 Å². The van der Waals surface area contributed by atoms with Crippen molar-refractivity contribution in [2.75, 3.05) is 0 Å². The molecule has 0 aromatic heterocycles. The van der Waals surface area contributed by atoms with Crippen LogP contribution < -0.4 is 11.5 Å². The highest BCUT2D eigenvalue weighted by Crippen LogP contribution is 2.60. The maximum atomic E-state index is 12.0. The third kappa shape index (κ3) is 2.92. The largest absolute Gasteiger partial charge is 0.380 e. The Morgan fingerprint density at radius 2 is 1.33 bits per heavy atom. The van der Waals surface area contributed by atoms with Crippen molar-refractivity contribution in [3.8, 4) is 0 Å². The molecule has 2 aromatic carbocycles. The third-order valence-electron chi connectivity index (χ3n) is 6.14. The number of aliphatic hydroxyl groups is 1. The summed E-state index contributed by atoms with van der Waals surface area (Å²) in [6.45, 7) is 5.80. The second-order valence-electron chi connectivity index (χ2n) is 7.80. The van der Waals surface area contributed by atoms with E-state index in [-0.39, 0.29) is 6.42 Å². The minimum atomic E-state index is -1.39. The van der Waals surface area contributed by atoms with Crippen LogP contribution in [0.15, 0.2) is 48.5 Å². The summed E-state index contributed by atoms with van der Waals surface area (Å²) in [5, 5.41) is 11.9. The van der Waals surface area contributed by atoms with E-state index in [1.54, 1.807) is 0 Å². The van der Waals surface area contributed by atoms with Crippen molar-refractivity contribution in [2.24, 2.45) is 28.7 Å². The molecule has 0 saturated heterocycles. The molecule has 1 aliphatic rings. The molecule has 1 unspecified atom stereocenters. The van der Waals surface area contributed by atoms with Crippen molar-refractivity contribution in [2.45, 2.75) is 32.8 Å². The smallest absolute Gasteiger partial charge is 0.233 e. The first kappa shape index (κ1) is 19.1. The second kappa shape index (κ2) is 6.50. The molecule has 5 nitrogen and oxygen atoms in total. The van der Waals surface area contributed by atoms with E-state index in [9.17, 15) is 14.7 Å². The number of carbonyl (C=O) groups is 2. The number of amides is 2. The molecular formula is C22H26N2O3. The maximum Gasteiger partial charge on any atom is 0.233 e. The van der Waals surface area contributed by atoms with Crippen molar-refractivity contribution in [3.63, 3.8) is 0 Å². The van der Waals surface area contributed by atoms with Gasteiger partial charge in [0.05, 0.1) is 0 Å². The summed E-state index contributed by atoms with van der Waals surface area (Å²) in [5.74, 6) is -2.30. The Kier molecular flexibility index (Phi) is 4.60. The first-order chi connectivity index (χ1) is 12.6. The first-order valence-electron chi connectivity index (χ1n) is 9.10. The van der Waals surface area contributed by atoms with Crippen LogP contribution in [0.5, 0.6) is 0 Å². The lowest BCUT2D eigenvalue weighted by molar-refractivity contribution is -0.135. The van der Waals surface area contributed by atoms with Crippen LogP contribution in [0.2, 0.25) is 0 Å². The van der Waals surface area contributed by atoms with Gasteiger partial charge < -0.3 is 16.6 Å². The summed E-state index contributed by atoms with van der Waals surface area (Å²) < 4.78 is 0. The molecule has 2 aromatic rings. The van der Waals surface area contributed by atoms with Crippen LogP contribution in [-0.4, -0.2) is 16.9 Å². The summed E-state index contributed by atoms with van der Waals surface area (Å²) in [6, 6.07) is 15.3. The molecule has 1 saturated carbocycles. The lowest BCUT2D eigenvalue weighted by Crippen LogP contribution is -2.43. The van der Waals surface area contributed by atoms with Crippen molar-refractivity contribution in [1.29, 1.82) is 0 Å². The number of benzene rings is 2. The summed E-state index contributed by atoms with van der Waals surface area (Å²) in [4.78, 5) is 23.9. The number of primary amides is 2. The molecule has 2 atom stereocenters. The normalized spacial score (nSPS) is 19.3. The zero-order chi connectivity index (χ0) is 20.0. The highest BCUT2D eigenvalue weighted by atomic mass is 16.3. The van der Waals surface area contributed by atoms with Gasteiger partial charge in [-0.1, -0.05) is 66.6 Å². The van der Waals surface area contributed by atoms with Gasteiger partial charge in [-0.05, 0) is 43.2 Å². The van der Waals surface area contributed by atoms with Gasteiger partial charge in [0, 0.05) is 0 Å². The SMILES string of the molecule is Cc1ccc(C(O)(c2ccc(C)cc2)[C@H](C)C2CC2(C(N)=O)C(N)=O)cc1. The lowest BCUT2D eigenvalue weighted by Gasteiger charge is -2.36. The average molecular weight is 366 g/mol. The maximum absolute atomic E-state index is 12.0. The molecule has 142 valence electrons. The lowest BCUT2D eigenvalue weighted by atomic mass is 9.73. The minimum Gasteiger partial charge on any atom is -0.380 e. The van der Waals surface area contributed by atoms with E-state index in [1.807, 2.05) is 69.3 Å². The highest BCUT2D eigenvalue weighted by molar-refractivity contribution is 6.07. The Hall–Kier alpha value is -2.66. The van der Waals surface area contributed by atoms with Gasteiger partial charge in [-0.2, -0.15) is 0 Å². The molecule has 5 N–H and O–H groups in total. The van der Waals surface area contributed by atoms with Crippen LogP contribution in [0.3, 0.4) is 0 Å². The van der Waals surface area contributed by atoms with Crippen molar-refractivity contribution in [1.82, 2.24) is 0 Å². The van der Waals surface area contributed by atoms with Gasteiger partial charge in [0.25, 0.3) is 0 Å². The molecular weight excluding hydrogens is 340 g/mol. The number of hydrogen-bond acceptors (Lipinski definition) is 3. The molecule has 0 aliphatic heterocycles. The Labute approximate surface area is 159 Å². The number of carbonyl (C=O) groups excluding carboxylic acids is 2. The molecule has 0 spiro atoms. The predicted molar refractivity (Wildman–Crippen MR) is 103 cm³/mol. The van der Waals surface area contributed by atoms with E-state index < -0.39 is 34.7 Å². The fraction of sp³-hybridized carbons (Fsp3) is 0.364. The summed E-state index contributed by atoms with van der Waals surface area (Å²) >= 11 is 0. The van der Waals surface area contributed by atoms with Crippen molar-refractivity contribution in [3.05, 3.63) is 70.8 Å². The van der Waals surface area contributed by atoms with Crippen LogP contribution in [0.25, 0.3) is 0 Å². The van der Waals surface area contributed by atoms with Crippen LogP contribution >= 0.6 is 0 Å². The zero-order valence-electron chi connectivity index (χ0n) is 15.9. The molecule has 0 bridgehead atoms. The second-order valence-corrected chi connectivity index (χ2v) is 7.80. The Bertz CT molecular complexity index is 812. The van der Waals surface area contributed by atoms with E-state index in [2.05, 4.69) is 0 Å². The average Bonchev–Trinajstić information content (AvgIpc) is 3.39. The van der Waals surface area contributed by atoms with E-state index in [0.717, 1.165) is 11.1 Å². The molecule has 27 heavy (non-hydrogen) atoms. The Morgan fingerprint density at radius 3 is 1.63 bits per heavy atom. The third-order valence-corrected chi connectivity index (χ3v) is 6.14. The highest BCUT2D eigenvalue weighted by Gasteiger charge is 2.68. The number of aryl methyl sites for hydroxylation is 2. The number of nitrogens with two attached hydrogens (primary N) is 2. The Morgan fingerprint density at radius 1 is 0.963 bits per heavy atom. The molecule has 2 amide bonds. The Balaban J connectivity index is 2.10. The van der Waals surface area contributed by atoms with Gasteiger partial charge in [-0.3, -0.25) is 9.59 Å². The molecule has 3 rings (SSSR count). The van der Waals surface area contributed by atoms with Crippen LogP contribution in [-0.2, 0) is 15.2 Å². The zero-order valence-corrected chi connectivity index (χ0v) is 15.9. The van der Waals surface area contributed by atoms with Gasteiger partial charge in [0.15, 0.2) is 0 Å². The van der Waals surface area contributed by atoms with E-state index in [4.69, 9.17) is 11.5 Å². The van der Waals surface area contributed by atoms with Crippen LogP contribution in [0.4, 0.5) is 0 Å². The van der Waals surface area contributed by atoms with Gasteiger partial charge in [0.2, 0.25) is 11.8 Å². The standard InChI is InChI=1S/C22H26N2O3/c1-13-4-8-16(9-5-13)22(27,17-10-6-14(2)7-11-17)15(3)18-12-21(18,19(23)25)20(24)26/h4-11,15,18,27H,12H2,1-3H3,(H2,23,25)(H2,24,26)/t15-,18?/m1/s1. The monoisotopic (exact) mass is 366 g/mol. The number of rotatable bonds is 6. The van der Waals surface area contributed by atoms with Gasteiger partial charge >= 0.3 is 0 Å². The van der Waals surface area contributed by atoms with Crippen molar-refractivity contribution >= 4 is 11.8 Å². The topological polar surface area (TPSA) is 106 Å². The fourth-order valence-electron chi connectivity index (χ4n) is 4.18. The quantitative estimate of drug-likeness (QED) is 0.682. The summed E-state index contributed by atoms with van der Waals surface area (Å²) in [6.07, 6.45) is 0.263.